The van der Waals surface area contributed by atoms with Crippen molar-refractivity contribution in [2.24, 2.45) is 12.2 Å². The van der Waals surface area contributed by atoms with E-state index in [-0.39, 0.29) is 10.8 Å². The molecule has 21 heavy (non-hydrogen) atoms. The van der Waals surface area contributed by atoms with Gasteiger partial charge in [0.1, 0.15) is 0 Å². The van der Waals surface area contributed by atoms with Gasteiger partial charge in [-0.15, -0.1) is 0 Å². The van der Waals surface area contributed by atoms with E-state index in [2.05, 4.69) is 5.10 Å². The number of amides is 1. The van der Waals surface area contributed by atoms with Crippen LogP contribution in [0.4, 0.5) is 5.69 Å². The molecule has 2 heterocycles. The SMILES string of the molecule is Cn1cc(C(=O)N2CCc3cc(S(N)(=O)=O)ccc32)cn1. The van der Waals surface area contributed by atoms with Crippen LogP contribution in [0.3, 0.4) is 0 Å². The van der Waals surface area contributed by atoms with Gasteiger partial charge >= 0.3 is 0 Å². The van der Waals surface area contributed by atoms with E-state index in [4.69, 9.17) is 5.14 Å². The van der Waals surface area contributed by atoms with Gasteiger partial charge in [-0.2, -0.15) is 5.10 Å². The molecule has 3 rings (SSSR count). The van der Waals surface area contributed by atoms with Crippen molar-refractivity contribution in [3.63, 3.8) is 0 Å². The standard InChI is InChI=1S/C13H14N4O3S/c1-16-8-10(7-15-16)13(18)17-5-4-9-6-11(21(14,19)20)2-3-12(9)17/h2-3,6-8H,4-5H2,1H3,(H2,14,19,20). The molecule has 8 heteroatoms. The lowest BCUT2D eigenvalue weighted by Gasteiger charge is -2.16. The minimum absolute atomic E-state index is 0.0666. The van der Waals surface area contributed by atoms with Crippen molar-refractivity contribution in [1.29, 1.82) is 0 Å². The Bertz CT molecular complexity index is 826. The molecule has 2 N–H and O–H groups in total. The van der Waals surface area contributed by atoms with Gasteiger partial charge in [-0.1, -0.05) is 0 Å². The third-order valence-electron chi connectivity index (χ3n) is 3.47. The summed E-state index contributed by atoms with van der Waals surface area (Å²) >= 11 is 0. The molecular formula is C13H14N4O3S. The zero-order chi connectivity index (χ0) is 15.2. The highest BCUT2D eigenvalue weighted by molar-refractivity contribution is 7.89. The summed E-state index contributed by atoms with van der Waals surface area (Å²) in [6.07, 6.45) is 3.77. The van der Waals surface area contributed by atoms with Crippen molar-refractivity contribution in [2.45, 2.75) is 11.3 Å². The highest BCUT2D eigenvalue weighted by Gasteiger charge is 2.27. The summed E-state index contributed by atoms with van der Waals surface area (Å²) in [5, 5.41) is 9.10. The summed E-state index contributed by atoms with van der Waals surface area (Å²) in [5.74, 6) is -0.148. The molecule has 1 aliphatic heterocycles. The number of carbonyl (C=O) groups excluding carboxylic acids is 1. The van der Waals surface area contributed by atoms with Crippen molar-refractivity contribution >= 4 is 21.6 Å². The molecule has 0 unspecified atom stereocenters. The fourth-order valence-electron chi connectivity index (χ4n) is 2.45. The van der Waals surface area contributed by atoms with Crippen LogP contribution < -0.4 is 10.0 Å². The summed E-state index contributed by atoms with van der Waals surface area (Å²) in [7, 11) is -1.98. The minimum Gasteiger partial charge on any atom is -0.308 e. The van der Waals surface area contributed by atoms with Gasteiger partial charge in [0.15, 0.2) is 0 Å². The van der Waals surface area contributed by atoms with Gasteiger partial charge in [0.05, 0.1) is 16.7 Å². The van der Waals surface area contributed by atoms with E-state index in [1.54, 1.807) is 28.9 Å². The second-order valence-corrected chi connectivity index (χ2v) is 6.51. The third kappa shape index (κ3) is 2.43. The fourth-order valence-corrected chi connectivity index (χ4v) is 3.02. The van der Waals surface area contributed by atoms with E-state index in [0.717, 1.165) is 11.3 Å². The number of rotatable bonds is 2. The zero-order valence-electron chi connectivity index (χ0n) is 11.4. The second kappa shape index (κ2) is 4.68. The minimum atomic E-state index is -3.73. The number of sulfonamides is 1. The van der Waals surface area contributed by atoms with Crippen LogP contribution in [0.1, 0.15) is 15.9 Å². The van der Waals surface area contributed by atoms with Gasteiger partial charge in [0.2, 0.25) is 10.0 Å². The maximum Gasteiger partial charge on any atom is 0.261 e. The number of hydrogen-bond acceptors (Lipinski definition) is 4. The van der Waals surface area contributed by atoms with Crippen LogP contribution in [-0.4, -0.2) is 30.7 Å². The summed E-state index contributed by atoms with van der Waals surface area (Å²) in [6.45, 7) is 0.511. The molecule has 1 aliphatic rings. The smallest absolute Gasteiger partial charge is 0.261 e. The lowest BCUT2D eigenvalue weighted by Crippen LogP contribution is -2.28. The average molecular weight is 306 g/mol. The van der Waals surface area contributed by atoms with Gasteiger partial charge in [-0.3, -0.25) is 9.48 Å². The van der Waals surface area contributed by atoms with Gasteiger partial charge in [-0.05, 0) is 30.2 Å². The lowest BCUT2D eigenvalue weighted by atomic mass is 10.2. The molecule has 1 amide bonds. The summed E-state index contributed by atoms with van der Waals surface area (Å²) in [5.41, 5.74) is 2.02. The van der Waals surface area contributed by atoms with Crippen molar-refractivity contribution in [3.05, 3.63) is 41.7 Å². The molecule has 0 saturated heterocycles. The van der Waals surface area contributed by atoms with E-state index in [1.807, 2.05) is 0 Å². The van der Waals surface area contributed by atoms with Crippen LogP contribution in [0.5, 0.6) is 0 Å². The Kier molecular flexibility index (Phi) is 3.07. The molecule has 0 aliphatic carbocycles. The topological polar surface area (TPSA) is 98.3 Å². The molecule has 0 spiro atoms. The number of benzene rings is 1. The maximum atomic E-state index is 12.4. The number of carbonyl (C=O) groups is 1. The van der Waals surface area contributed by atoms with Crippen molar-refractivity contribution < 1.29 is 13.2 Å². The molecule has 1 aromatic heterocycles. The summed E-state index contributed by atoms with van der Waals surface area (Å²) in [4.78, 5) is 14.1. The number of primary sulfonamides is 1. The van der Waals surface area contributed by atoms with E-state index >= 15 is 0 Å². The third-order valence-corrected chi connectivity index (χ3v) is 4.38. The number of fused-ring (bicyclic) bond motifs is 1. The van der Waals surface area contributed by atoms with Crippen molar-refractivity contribution in [3.8, 4) is 0 Å². The van der Waals surface area contributed by atoms with Crippen LogP contribution in [0.25, 0.3) is 0 Å². The first-order chi connectivity index (χ1) is 9.86. The maximum absolute atomic E-state index is 12.4. The Morgan fingerprint density at radius 1 is 1.38 bits per heavy atom. The number of hydrogen-bond donors (Lipinski definition) is 1. The highest BCUT2D eigenvalue weighted by Crippen LogP contribution is 2.31. The zero-order valence-corrected chi connectivity index (χ0v) is 12.2. The Morgan fingerprint density at radius 2 is 2.14 bits per heavy atom. The molecular weight excluding hydrogens is 292 g/mol. The first-order valence-electron chi connectivity index (χ1n) is 6.32. The second-order valence-electron chi connectivity index (χ2n) is 4.94. The molecule has 0 bridgehead atoms. The van der Waals surface area contributed by atoms with Gasteiger partial charge in [0, 0.05) is 25.5 Å². The monoisotopic (exact) mass is 306 g/mol. The number of aromatic nitrogens is 2. The summed E-state index contributed by atoms with van der Waals surface area (Å²) in [6, 6.07) is 4.57. The van der Waals surface area contributed by atoms with E-state index in [1.165, 1.54) is 18.3 Å². The van der Waals surface area contributed by atoms with Gasteiger partial charge in [0.25, 0.3) is 5.91 Å². The quantitative estimate of drug-likeness (QED) is 0.861. The largest absolute Gasteiger partial charge is 0.308 e. The first-order valence-corrected chi connectivity index (χ1v) is 7.87. The van der Waals surface area contributed by atoms with Gasteiger partial charge < -0.3 is 4.90 Å². The molecule has 2 aromatic rings. The number of anilines is 1. The Hall–Kier alpha value is -2.19. The molecule has 0 saturated carbocycles. The van der Waals surface area contributed by atoms with Crippen LogP contribution in [0, 0.1) is 0 Å². The molecule has 110 valence electrons. The van der Waals surface area contributed by atoms with Crippen LogP contribution in [0.2, 0.25) is 0 Å². The Morgan fingerprint density at radius 3 is 2.76 bits per heavy atom. The van der Waals surface area contributed by atoms with E-state index < -0.39 is 10.0 Å². The van der Waals surface area contributed by atoms with Crippen LogP contribution in [0.15, 0.2) is 35.5 Å². The summed E-state index contributed by atoms with van der Waals surface area (Å²) < 4.78 is 24.3. The van der Waals surface area contributed by atoms with E-state index in [0.29, 0.717) is 18.5 Å². The lowest BCUT2D eigenvalue weighted by molar-refractivity contribution is 0.0989. The number of nitrogens with zero attached hydrogens (tertiary/aromatic N) is 3. The molecule has 7 nitrogen and oxygen atoms in total. The normalized spacial score (nSPS) is 14.3. The molecule has 1 aromatic carbocycles. The van der Waals surface area contributed by atoms with Gasteiger partial charge in [-0.25, -0.2) is 13.6 Å². The van der Waals surface area contributed by atoms with E-state index in [9.17, 15) is 13.2 Å². The van der Waals surface area contributed by atoms with Crippen LogP contribution >= 0.6 is 0 Å². The predicted octanol–water partition coefficient (Wildman–Crippen LogP) is 0.270. The molecule has 0 radical (unpaired) electrons. The fraction of sp³-hybridized carbons (Fsp3) is 0.231. The van der Waals surface area contributed by atoms with Crippen molar-refractivity contribution in [1.82, 2.24) is 9.78 Å². The Balaban J connectivity index is 1.96. The average Bonchev–Trinajstić information content (AvgIpc) is 3.02. The predicted molar refractivity (Wildman–Crippen MR) is 76.4 cm³/mol. The molecule has 0 atom stereocenters. The number of nitrogens with two attached hydrogens (primary N) is 1. The first kappa shape index (κ1) is 13.8. The molecule has 0 fully saturated rings. The highest BCUT2D eigenvalue weighted by atomic mass is 32.2. The number of aryl methyl sites for hydroxylation is 1. The van der Waals surface area contributed by atoms with Crippen molar-refractivity contribution in [2.75, 3.05) is 11.4 Å². The Labute approximate surface area is 122 Å². The van der Waals surface area contributed by atoms with Crippen LogP contribution in [-0.2, 0) is 23.5 Å².